The predicted octanol–water partition coefficient (Wildman–Crippen LogP) is 3.09. The van der Waals surface area contributed by atoms with Crippen molar-refractivity contribution in [2.24, 2.45) is 0 Å². The molecule has 1 fully saturated rings. The summed E-state index contributed by atoms with van der Waals surface area (Å²) in [6.45, 7) is 3.35. The van der Waals surface area contributed by atoms with Gasteiger partial charge < -0.3 is 4.90 Å². The first kappa shape index (κ1) is 11.0. The molecule has 4 rings (SSSR count). The molecule has 2 heterocycles. The number of fused-ring (bicyclic) bond motifs is 2. The Morgan fingerprint density at radius 2 is 2.05 bits per heavy atom. The number of hydrogen-bond donors (Lipinski definition) is 0. The van der Waals surface area contributed by atoms with Gasteiger partial charge in [-0.1, -0.05) is 18.2 Å². The van der Waals surface area contributed by atoms with Crippen LogP contribution in [0, 0.1) is 0 Å². The number of anilines is 1. The van der Waals surface area contributed by atoms with Crippen LogP contribution in [-0.4, -0.2) is 16.5 Å². The van der Waals surface area contributed by atoms with E-state index in [0.29, 0.717) is 5.41 Å². The molecule has 1 aromatic carbocycles. The van der Waals surface area contributed by atoms with E-state index in [1.54, 1.807) is 12.4 Å². The van der Waals surface area contributed by atoms with Crippen molar-refractivity contribution in [2.75, 3.05) is 11.4 Å². The first-order valence-corrected chi connectivity index (χ1v) is 6.92. The van der Waals surface area contributed by atoms with Crippen LogP contribution in [0.1, 0.15) is 37.1 Å². The highest BCUT2D eigenvalue weighted by molar-refractivity contribution is 5.65. The quantitative estimate of drug-likeness (QED) is 0.821. The third kappa shape index (κ3) is 1.57. The zero-order valence-electron chi connectivity index (χ0n) is 11.1. The van der Waals surface area contributed by atoms with Crippen LogP contribution in [0.2, 0.25) is 0 Å². The Morgan fingerprint density at radius 1 is 1.21 bits per heavy atom. The van der Waals surface area contributed by atoms with E-state index in [-0.39, 0.29) is 6.04 Å². The average Bonchev–Trinajstić information content (AvgIpc) is 3.18. The molecule has 0 radical (unpaired) electrons. The molecule has 2 aliphatic rings. The van der Waals surface area contributed by atoms with Gasteiger partial charge in [-0.3, -0.25) is 9.97 Å². The van der Waals surface area contributed by atoms with Crippen LogP contribution in [0.15, 0.2) is 42.9 Å². The molecule has 3 nitrogen and oxygen atoms in total. The van der Waals surface area contributed by atoms with Crippen molar-refractivity contribution >= 4 is 5.69 Å². The third-order valence-electron chi connectivity index (χ3n) is 4.59. The van der Waals surface area contributed by atoms with Gasteiger partial charge in [-0.15, -0.1) is 0 Å². The van der Waals surface area contributed by atoms with Crippen LogP contribution in [-0.2, 0) is 5.41 Å². The zero-order chi connectivity index (χ0) is 12.9. The second-order valence-corrected chi connectivity index (χ2v) is 5.73. The Kier molecular flexibility index (Phi) is 2.19. The van der Waals surface area contributed by atoms with E-state index in [1.807, 2.05) is 6.20 Å². The van der Waals surface area contributed by atoms with Crippen molar-refractivity contribution in [1.82, 2.24) is 9.97 Å². The van der Waals surface area contributed by atoms with Crippen molar-refractivity contribution in [3.8, 4) is 0 Å². The van der Waals surface area contributed by atoms with Gasteiger partial charge in [0.05, 0.1) is 17.9 Å². The number of nitrogens with zero attached hydrogens (tertiary/aromatic N) is 3. The molecule has 0 unspecified atom stereocenters. The van der Waals surface area contributed by atoms with Crippen LogP contribution in [0.25, 0.3) is 0 Å². The summed E-state index contributed by atoms with van der Waals surface area (Å²) in [7, 11) is 0. The molecule has 1 atom stereocenters. The first-order valence-electron chi connectivity index (χ1n) is 6.92. The lowest BCUT2D eigenvalue weighted by atomic mass is 9.99. The van der Waals surface area contributed by atoms with Crippen LogP contribution in [0.5, 0.6) is 0 Å². The molecule has 1 spiro atoms. The van der Waals surface area contributed by atoms with E-state index in [9.17, 15) is 0 Å². The van der Waals surface area contributed by atoms with Gasteiger partial charge in [0.1, 0.15) is 0 Å². The van der Waals surface area contributed by atoms with Gasteiger partial charge in [0.25, 0.3) is 0 Å². The first-order chi connectivity index (χ1) is 9.30. The fourth-order valence-electron chi connectivity index (χ4n) is 3.28. The van der Waals surface area contributed by atoms with E-state index in [2.05, 4.69) is 46.1 Å². The molecule has 1 saturated carbocycles. The number of para-hydroxylation sites is 1. The maximum atomic E-state index is 4.46. The normalized spacial score (nSPS) is 20.4. The fourth-order valence-corrected chi connectivity index (χ4v) is 3.28. The third-order valence-corrected chi connectivity index (χ3v) is 4.59. The average molecular weight is 251 g/mol. The molecule has 2 aromatic rings. The maximum absolute atomic E-state index is 4.46. The maximum Gasteiger partial charge on any atom is 0.0808 e. The molecule has 0 amide bonds. The number of aromatic nitrogens is 2. The van der Waals surface area contributed by atoms with E-state index >= 15 is 0 Å². The molecule has 19 heavy (non-hydrogen) atoms. The molecular formula is C16H17N3. The lowest BCUT2D eigenvalue weighted by Crippen LogP contribution is -2.28. The topological polar surface area (TPSA) is 29.0 Å². The second-order valence-electron chi connectivity index (χ2n) is 5.73. The van der Waals surface area contributed by atoms with Crippen molar-refractivity contribution in [1.29, 1.82) is 0 Å². The zero-order valence-corrected chi connectivity index (χ0v) is 11.1. The predicted molar refractivity (Wildman–Crippen MR) is 75.1 cm³/mol. The summed E-state index contributed by atoms with van der Waals surface area (Å²) >= 11 is 0. The van der Waals surface area contributed by atoms with Gasteiger partial charge in [-0.2, -0.15) is 0 Å². The highest BCUT2D eigenvalue weighted by Crippen LogP contribution is 2.57. The molecular weight excluding hydrogens is 234 g/mol. The summed E-state index contributed by atoms with van der Waals surface area (Å²) in [6, 6.07) is 9.13. The van der Waals surface area contributed by atoms with E-state index in [1.165, 1.54) is 24.1 Å². The summed E-state index contributed by atoms with van der Waals surface area (Å²) in [6.07, 6.45) is 8.05. The minimum Gasteiger partial charge on any atom is -0.362 e. The summed E-state index contributed by atoms with van der Waals surface area (Å²) in [4.78, 5) is 11.1. The Morgan fingerprint density at radius 3 is 2.79 bits per heavy atom. The van der Waals surface area contributed by atoms with Crippen LogP contribution in [0.4, 0.5) is 5.69 Å². The highest BCUT2D eigenvalue weighted by Gasteiger charge is 2.52. The van der Waals surface area contributed by atoms with Crippen LogP contribution < -0.4 is 4.90 Å². The minimum atomic E-state index is 0.287. The molecule has 1 aliphatic heterocycles. The van der Waals surface area contributed by atoms with Crippen molar-refractivity contribution < 1.29 is 0 Å². The number of hydrogen-bond acceptors (Lipinski definition) is 3. The van der Waals surface area contributed by atoms with E-state index in [0.717, 1.165) is 12.2 Å². The van der Waals surface area contributed by atoms with Gasteiger partial charge in [0.2, 0.25) is 0 Å². The highest BCUT2D eigenvalue weighted by atomic mass is 15.2. The van der Waals surface area contributed by atoms with E-state index < -0.39 is 0 Å². The molecule has 0 N–H and O–H groups in total. The largest absolute Gasteiger partial charge is 0.362 e. The number of benzene rings is 1. The van der Waals surface area contributed by atoms with Gasteiger partial charge in [0, 0.05) is 30.0 Å². The fraction of sp³-hybridized carbons (Fsp3) is 0.375. The van der Waals surface area contributed by atoms with Crippen molar-refractivity contribution in [3.63, 3.8) is 0 Å². The molecule has 3 heteroatoms. The summed E-state index contributed by atoms with van der Waals surface area (Å²) in [5.41, 5.74) is 4.41. The van der Waals surface area contributed by atoms with Crippen LogP contribution in [0.3, 0.4) is 0 Å². The van der Waals surface area contributed by atoms with Crippen molar-refractivity contribution in [2.45, 2.75) is 31.2 Å². The lowest BCUT2D eigenvalue weighted by Gasteiger charge is -2.27. The Bertz CT molecular complexity index is 604. The summed E-state index contributed by atoms with van der Waals surface area (Å²) in [5.74, 6) is 0. The summed E-state index contributed by atoms with van der Waals surface area (Å²) in [5, 5.41) is 0. The number of rotatable bonds is 2. The minimum absolute atomic E-state index is 0.287. The molecule has 0 saturated heterocycles. The van der Waals surface area contributed by atoms with Gasteiger partial charge >= 0.3 is 0 Å². The van der Waals surface area contributed by atoms with Crippen LogP contribution >= 0.6 is 0 Å². The van der Waals surface area contributed by atoms with E-state index in [4.69, 9.17) is 0 Å². The summed E-state index contributed by atoms with van der Waals surface area (Å²) < 4.78 is 0. The SMILES string of the molecule is C[C@@H](c1cnccn1)N1CC2(CC2)c2ccccc21. The standard InChI is InChI=1S/C16H17N3/c1-12(14-10-17-8-9-18-14)19-11-16(6-7-16)13-4-2-3-5-15(13)19/h2-5,8-10,12H,6-7,11H2,1H3/t12-/m0/s1. The molecule has 1 aliphatic carbocycles. The van der Waals surface area contributed by atoms with Gasteiger partial charge in [-0.25, -0.2) is 0 Å². The Hall–Kier alpha value is -1.90. The Balaban J connectivity index is 1.74. The van der Waals surface area contributed by atoms with Crippen molar-refractivity contribution in [3.05, 3.63) is 54.1 Å². The van der Waals surface area contributed by atoms with Gasteiger partial charge in [-0.05, 0) is 31.4 Å². The molecule has 1 aromatic heterocycles. The molecule has 0 bridgehead atoms. The monoisotopic (exact) mass is 251 g/mol. The second kappa shape index (κ2) is 3.80. The molecule has 96 valence electrons. The Labute approximate surface area is 113 Å². The van der Waals surface area contributed by atoms with Gasteiger partial charge in [0.15, 0.2) is 0 Å². The lowest BCUT2D eigenvalue weighted by molar-refractivity contribution is 0.618. The smallest absolute Gasteiger partial charge is 0.0808 e.